The van der Waals surface area contributed by atoms with E-state index < -0.39 is 10.0 Å². The largest absolute Gasteiger partial charge is 0.337 e. The van der Waals surface area contributed by atoms with Gasteiger partial charge in [-0.2, -0.15) is 0 Å². The molecule has 0 unspecified atom stereocenters. The highest BCUT2D eigenvalue weighted by Gasteiger charge is 2.26. The molecule has 2 aromatic carbocycles. The van der Waals surface area contributed by atoms with Crippen LogP contribution in [0.3, 0.4) is 0 Å². The van der Waals surface area contributed by atoms with Crippen molar-refractivity contribution in [3.63, 3.8) is 0 Å². The molecular weight excluding hydrogens is 446 g/mol. The lowest BCUT2D eigenvalue weighted by Gasteiger charge is -2.33. The maximum absolute atomic E-state index is 13.0. The Morgan fingerprint density at radius 2 is 1.72 bits per heavy atom. The quantitative estimate of drug-likeness (QED) is 0.596. The first kappa shape index (κ1) is 24.7. The molecule has 174 valence electrons. The van der Waals surface area contributed by atoms with Gasteiger partial charge in [0.25, 0.3) is 0 Å². The number of amides is 1. The summed E-state index contributed by atoms with van der Waals surface area (Å²) in [7, 11) is -3.58. The number of nitrogens with one attached hydrogen (secondary N) is 1. The number of hydrogen-bond donors (Lipinski definition) is 1. The lowest BCUT2D eigenvalue weighted by Crippen LogP contribution is -2.48. The van der Waals surface area contributed by atoms with Crippen LogP contribution in [0.1, 0.15) is 37.3 Å². The molecule has 1 aliphatic heterocycles. The number of nitrogens with zero attached hydrogens (tertiary/aromatic N) is 2. The molecule has 0 saturated carbocycles. The molecule has 6 nitrogen and oxygen atoms in total. The lowest BCUT2D eigenvalue weighted by atomic mass is 10.1. The molecule has 0 bridgehead atoms. The van der Waals surface area contributed by atoms with E-state index in [1.54, 1.807) is 12.1 Å². The van der Waals surface area contributed by atoms with Gasteiger partial charge in [-0.15, -0.1) is 0 Å². The number of piperidine rings is 1. The van der Waals surface area contributed by atoms with Crippen molar-refractivity contribution in [2.45, 2.75) is 50.6 Å². The van der Waals surface area contributed by atoms with E-state index >= 15 is 0 Å². The van der Waals surface area contributed by atoms with Crippen molar-refractivity contribution in [2.24, 2.45) is 0 Å². The number of carbonyl (C=O) groups is 1. The third-order valence-electron chi connectivity index (χ3n) is 5.73. The van der Waals surface area contributed by atoms with Gasteiger partial charge in [-0.1, -0.05) is 48.4 Å². The predicted octanol–water partition coefficient (Wildman–Crippen LogP) is 3.83. The summed E-state index contributed by atoms with van der Waals surface area (Å²) >= 11 is 5.85. The van der Waals surface area contributed by atoms with Gasteiger partial charge in [0.05, 0.1) is 11.4 Å². The molecule has 32 heavy (non-hydrogen) atoms. The number of halogens is 1. The zero-order valence-electron chi connectivity index (χ0n) is 18.8. The normalized spacial score (nSPS) is 15.6. The first-order chi connectivity index (χ1) is 15.3. The van der Waals surface area contributed by atoms with E-state index in [4.69, 9.17) is 11.6 Å². The van der Waals surface area contributed by atoms with E-state index in [9.17, 15) is 13.2 Å². The minimum Gasteiger partial charge on any atom is -0.337 e. The molecule has 0 aromatic heterocycles. The fourth-order valence-electron chi connectivity index (χ4n) is 3.88. The van der Waals surface area contributed by atoms with E-state index in [1.165, 1.54) is 17.7 Å². The SMILES string of the molecule is CCCN(Cc1ccc(C)cc1)C(=O)CN1CCC(NS(=O)(=O)c2ccc(Cl)cc2)CC1. The minimum absolute atomic E-state index is 0.118. The Morgan fingerprint density at radius 3 is 2.31 bits per heavy atom. The van der Waals surface area contributed by atoms with Gasteiger partial charge in [-0.05, 0) is 56.0 Å². The summed E-state index contributed by atoms with van der Waals surface area (Å²) in [6.07, 6.45) is 2.25. The third kappa shape index (κ3) is 7.04. The first-order valence-corrected chi connectivity index (χ1v) is 13.0. The van der Waals surface area contributed by atoms with Gasteiger partial charge in [0, 0.05) is 37.2 Å². The molecule has 1 amide bonds. The Morgan fingerprint density at radius 1 is 1.09 bits per heavy atom. The number of rotatable bonds is 9. The number of benzene rings is 2. The third-order valence-corrected chi connectivity index (χ3v) is 7.52. The Bertz CT molecular complexity index is 986. The first-order valence-electron chi connectivity index (χ1n) is 11.1. The molecule has 3 rings (SSSR count). The smallest absolute Gasteiger partial charge is 0.240 e. The van der Waals surface area contributed by atoms with Crippen LogP contribution in [-0.2, 0) is 21.4 Å². The zero-order valence-corrected chi connectivity index (χ0v) is 20.3. The Labute approximate surface area is 196 Å². The van der Waals surface area contributed by atoms with Gasteiger partial charge in [0.2, 0.25) is 15.9 Å². The van der Waals surface area contributed by atoms with Gasteiger partial charge in [-0.3, -0.25) is 9.69 Å². The summed E-state index contributed by atoms with van der Waals surface area (Å²) in [6, 6.07) is 14.3. The van der Waals surface area contributed by atoms with Crippen molar-refractivity contribution >= 4 is 27.5 Å². The number of sulfonamides is 1. The maximum Gasteiger partial charge on any atom is 0.240 e. The van der Waals surface area contributed by atoms with Gasteiger partial charge in [0.1, 0.15) is 0 Å². The van der Waals surface area contributed by atoms with Crippen LogP contribution < -0.4 is 4.72 Å². The molecular formula is C24H32ClN3O3S. The fraction of sp³-hybridized carbons (Fsp3) is 0.458. The van der Waals surface area contributed by atoms with Crippen LogP contribution >= 0.6 is 11.6 Å². The van der Waals surface area contributed by atoms with Crippen LogP contribution in [0.4, 0.5) is 0 Å². The average molecular weight is 478 g/mol. The van der Waals surface area contributed by atoms with E-state index in [2.05, 4.69) is 47.7 Å². The summed E-state index contributed by atoms with van der Waals surface area (Å²) in [5, 5.41) is 0.501. The summed E-state index contributed by atoms with van der Waals surface area (Å²) in [4.78, 5) is 17.2. The van der Waals surface area contributed by atoms with Crippen LogP contribution in [-0.4, -0.2) is 56.3 Å². The Hall–Kier alpha value is -1.93. The highest BCUT2D eigenvalue weighted by Crippen LogP contribution is 2.18. The molecule has 0 aliphatic carbocycles. The molecule has 2 aromatic rings. The van der Waals surface area contributed by atoms with Gasteiger partial charge in [-0.25, -0.2) is 13.1 Å². The van der Waals surface area contributed by atoms with Crippen LogP contribution in [0.15, 0.2) is 53.4 Å². The zero-order chi connectivity index (χ0) is 23.1. The van der Waals surface area contributed by atoms with Crippen molar-refractivity contribution in [3.8, 4) is 0 Å². The van der Waals surface area contributed by atoms with E-state index in [0.29, 0.717) is 44.0 Å². The molecule has 1 heterocycles. The minimum atomic E-state index is -3.58. The molecule has 0 spiro atoms. The predicted molar refractivity (Wildman–Crippen MR) is 128 cm³/mol. The monoisotopic (exact) mass is 477 g/mol. The van der Waals surface area contributed by atoms with Crippen LogP contribution in [0.2, 0.25) is 5.02 Å². The number of aryl methyl sites for hydroxylation is 1. The van der Waals surface area contributed by atoms with Gasteiger partial charge >= 0.3 is 0 Å². The summed E-state index contributed by atoms with van der Waals surface area (Å²) in [5.74, 6) is 0.118. The maximum atomic E-state index is 13.0. The van der Waals surface area contributed by atoms with Crippen molar-refractivity contribution in [1.29, 1.82) is 0 Å². The fourth-order valence-corrected chi connectivity index (χ4v) is 5.31. The van der Waals surface area contributed by atoms with E-state index in [1.807, 2.05) is 4.90 Å². The Kier molecular flexibility index (Phi) is 8.71. The number of likely N-dealkylation sites (tertiary alicyclic amines) is 1. The standard InChI is InChI=1S/C24H32ClN3O3S/c1-3-14-28(17-20-6-4-19(2)5-7-20)24(29)18-27-15-12-22(13-16-27)26-32(30,31)23-10-8-21(25)9-11-23/h4-11,22,26H,3,12-18H2,1-2H3. The average Bonchev–Trinajstić information content (AvgIpc) is 2.76. The summed E-state index contributed by atoms with van der Waals surface area (Å²) in [6.45, 7) is 7.20. The second kappa shape index (κ2) is 11.3. The summed E-state index contributed by atoms with van der Waals surface area (Å²) < 4.78 is 28.0. The highest BCUT2D eigenvalue weighted by atomic mass is 35.5. The molecule has 8 heteroatoms. The number of hydrogen-bond acceptors (Lipinski definition) is 4. The van der Waals surface area contributed by atoms with E-state index in [-0.39, 0.29) is 16.8 Å². The molecule has 1 aliphatic rings. The second-order valence-corrected chi connectivity index (χ2v) is 10.6. The molecule has 0 radical (unpaired) electrons. The topological polar surface area (TPSA) is 69.7 Å². The van der Waals surface area contributed by atoms with E-state index in [0.717, 1.165) is 18.5 Å². The summed E-state index contributed by atoms with van der Waals surface area (Å²) in [5.41, 5.74) is 2.34. The van der Waals surface area contributed by atoms with Crippen LogP contribution in [0, 0.1) is 6.92 Å². The lowest BCUT2D eigenvalue weighted by molar-refractivity contribution is -0.133. The Balaban J connectivity index is 1.51. The van der Waals surface area contributed by atoms with Crippen molar-refractivity contribution in [2.75, 3.05) is 26.2 Å². The highest BCUT2D eigenvalue weighted by molar-refractivity contribution is 7.89. The molecule has 1 saturated heterocycles. The van der Waals surface area contributed by atoms with Crippen molar-refractivity contribution in [3.05, 3.63) is 64.7 Å². The van der Waals surface area contributed by atoms with Crippen LogP contribution in [0.25, 0.3) is 0 Å². The molecule has 1 N–H and O–H groups in total. The van der Waals surface area contributed by atoms with Gasteiger partial charge < -0.3 is 4.90 Å². The molecule has 0 atom stereocenters. The van der Waals surface area contributed by atoms with Crippen molar-refractivity contribution < 1.29 is 13.2 Å². The van der Waals surface area contributed by atoms with Crippen LogP contribution in [0.5, 0.6) is 0 Å². The number of carbonyl (C=O) groups excluding carboxylic acids is 1. The molecule has 1 fully saturated rings. The second-order valence-electron chi connectivity index (χ2n) is 8.43. The van der Waals surface area contributed by atoms with Gasteiger partial charge in [0.15, 0.2) is 0 Å². The van der Waals surface area contributed by atoms with Crippen molar-refractivity contribution in [1.82, 2.24) is 14.5 Å².